The zero-order valence-corrected chi connectivity index (χ0v) is 12.4. The Bertz CT molecular complexity index is 354. The zero-order chi connectivity index (χ0) is 13.4. The molecule has 0 heterocycles. The predicted molar refractivity (Wildman–Crippen MR) is 74.6 cm³/mol. The molecule has 0 aliphatic carbocycles. The molecule has 0 amide bonds. The summed E-state index contributed by atoms with van der Waals surface area (Å²) in [6, 6.07) is 5.58. The van der Waals surface area contributed by atoms with Crippen molar-refractivity contribution in [1.82, 2.24) is 5.32 Å². The van der Waals surface area contributed by atoms with E-state index in [-0.39, 0.29) is 12.0 Å². The van der Waals surface area contributed by atoms with E-state index in [0.717, 1.165) is 5.56 Å². The van der Waals surface area contributed by atoms with Gasteiger partial charge in [-0.05, 0) is 35.8 Å². The fourth-order valence-corrected chi connectivity index (χ4v) is 1.97. The van der Waals surface area contributed by atoms with Crippen molar-refractivity contribution in [3.63, 3.8) is 0 Å². The molecule has 0 aliphatic rings. The van der Waals surface area contributed by atoms with E-state index in [2.05, 4.69) is 21.2 Å². The summed E-state index contributed by atoms with van der Waals surface area (Å²) in [4.78, 5) is 0. The van der Waals surface area contributed by atoms with Crippen LogP contribution >= 0.6 is 15.9 Å². The fraction of sp³-hybridized carbons (Fsp3) is 0.538. The summed E-state index contributed by atoms with van der Waals surface area (Å²) in [5, 5.41) is 13.0. The molecule has 1 aromatic carbocycles. The Balaban J connectivity index is 2.42. The molecular formula is C13H20BrNO3. The van der Waals surface area contributed by atoms with E-state index in [0.29, 0.717) is 30.8 Å². The second-order valence-corrected chi connectivity index (χ2v) is 4.57. The molecule has 102 valence electrons. The molecule has 0 saturated heterocycles. The second kappa shape index (κ2) is 8.48. The van der Waals surface area contributed by atoms with Crippen LogP contribution in [0.4, 0.5) is 0 Å². The lowest BCUT2D eigenvalue weighted by Gasteiger charge is -2.17. The quantitative estimate of drug-likeness (QED) is 0.724. The average molecular weight is 318 g/mol. The van der Waals surface area contributed by atoms with Crippen LogP contribution in [-0.2, 0) is 16.0 Å². The third-order valence-corrected chi connectivity index (χ3v) is 3.04. The largest absolute Gasteiger partial charge is 0.506 e. The highest BCUT2D eigenvalue weighted by Gasteiger charge is 2.08. The van der Waals surface area contributed by atoms with Gasteiger partial charge in [-0.3, -0.25) is 0 Å². The number of nitrogens with one attached hydrogen (secondary N) is 1. The molecule has 2 N–H and O–H groups in total. The summed E-state index contributed by atoms with van der Waals surface area (Å²) in [5.74, 6) is 0.273. The van der Waals surface area contributed by atoms with Crippen molar-refractivity contribution in [1.29, 1.82) is 0 Å². The van der Waals surface area contributed by atoms with Crippen LogP contribution in [0.3, 0.4) is 0 Å². The number of aromatic hydroxyl groups is 1. The van der Waals surface area contributed by atoms with Gasteiger partial charge in [-0.25, -0.2) is 0 Å². The number of para-hydroxylation sites is 1. The van der Waals surface area contributed by atoms with Gasteiger partial charge in [-0.15, -0.1) is 0 Å². The van der Waals surface area contributed by atoms with Crippen molar-refractivity contribution >= 4 is 15.9 Å². The molecule has 18 heavy (non-hydrogen) atoms. The zero-order valence-electron chi connectivity index (χ0n) is 10.8. The van der Waals surface area contributed by atoms with Crippen molar-refractivity contribution in [2.75, 3.05) is 19.8 Å². The van der Waals surface area contributed by atoms with E-state index in [1.807, 2.05) is 32.0 Å². The number of benzene rings is 1. The minimum atomic E-state index is -0.241. The summed E-state index contributed by atoms with van der Waals surface area (Å²) >= 11 is 3.29. The highest BCUT2D eigenvalue weighted by Crippen LogP contribution is 2.27. The Hall–Kier alpha value is -0.620. The van der Waals surface area contributed by atoms with Gasteiger partial charge in [0, 0.05) is 31.9 Å². The van der Waals surface area contributed by atoms with Crippen LogP contribution in [0, 0.1) is 0 Å². The lowest BCUT2D eigenvalue weighted by Crippen LogP contribution is -2.31. The molecular weight excluding hydrogens is 298 g/mol. The van der Waals surface area contributed by atoms with Crippen molar-refractivity contribution in [3.8, 4) is 5.75 Å². The first-order valence-corrected chi connectivity index (χ1v) is 6.88. The van der Waals surface area contributed by atoms with E-state index >= 15 is 0 Å². The summed E-state index contributed by atoms with van der Waals surface area (Å²) in [5.41, 5.74) is 0.844. The Kier molecular flexibility index (Phi) is 7.27. The van der Waals surface area contributed by atoms with Gasteiger partial charge in [0.05, 0.1) is 4.47 Å². The van der Waals surface area contributed by atoms with E-state index < -0.39 is 0 Å². The molecule has 0 aromatic heterocycles. The maximum atomic E-state index is 9.82. The number of phenols is 1. The van der Waals surface area contributed by atoms with E-state index in [1.165, 1.54) is 0 Å². The Labute approximate surface area is 116 Å². The third kappa shape index (κ3) is 4.94. The minimum absolute atomic E-state index is 0.241. The Morgan fingerprint density at radius 2 is 1.94 bits per heavy atom. The van der Waals surface area contributed by atoms with Crippen molar-refractivity contribution in [3.05, 3.63) is 28.2 Å². The smallest absolute Gasteiger partial charge is 0.169 e. The molecule has 0 radical (unpaired) electrons. The van der Waals surface area contributed by atoms with Gasteiger partial charge < -0.3 is 19.9 Å². The number of rotatable bonds is 8. The highest BCUT2D eigenvalue weighted by molar-refractivity contribution is 9.10. The van der Waals surface area contributed by atoms with Crippen LogP contribution in [-0.4, -0.2) is 31.2 Å². The molecule has 5 heteroatoms. The van der Waals surface area contributed by atoms with Gasteiger partial charge in [-0.1, -0.05) is 12.1 Å². The number of phenolic OH excluding ortho intramolecular Hbond substituents is 1. The Morgan fingerprint density at radius 1 is 1.28 bits per heavy atom. The van der Waals surface area contributed by atoms with Crippen LogP contribution < -0.4 is 5.32 Å². The highest BCUT2D eigenvalue weighted by atomic mass is 79.9. The molecule has 0 fully saturated rings. The first-order chi connectivity index (χ1) is 8.69. The van der Waals surface area contributed by atoms with Crippen LogP contribution in [0.15, 0.2) is 22.7 Å². The van der Waals surface area contributed by atoms with Crippen molar-refractivity contribution < 1.29 is 14.6 Å². The van der Waals surface area contributed by atoms with Crippen molar-refractivity contribution in [2.45, 2.75) is 26.7 Å². The van der Waals surface area contributed by atoms with Crippen LogP contribution in [0.5, 0.6) is 5.75 Å². The van der Waals surface area contributed by atoms with Gasteiger partial charge in [0.1, 0.15) is 5.75 Å². The SMILES string of the molecule is CCOC(CNCc1cccc(Br)c1O)OCC. The van der Waals surface area contributed by atoms with Gasteiger partial charge in [0.25, 0.3) is 0 Å². The molecule has 0 bridgehead atoms. The van der Waals surface area contributed by atoms with E-state index in [9.17, 15) is 5.11 Å². The molecule has 0 unspecified atom stereocenters. The lowest BCUT2D eigenvalue weighted by atomic mass is 10.2. The van der Waals surface area contributed by atoms with Crippen LogP contribution in [0.1, 0.15) is 19.4 Å². The first kappa shape index (κ1) is 15.4. The number of halogens is 1. The normalized spacial score (nSPS) is 11.1. The maximum absolute atomic E-state index is 9.82. The molecule has 1 aromatic rings. The molecule has 4 nitrogen and oxygen atoms in total. The van der Waals surface area contributed by atoms with Gasteiger partial charge in [0.2, 0.25) is 0 Å². The first-order valence-electron chi connectivity index (χ1n) is 6.09. The molecule has 1 rings (SSSR count). The molecule has 0 spiro atoms. The maximum Gasteiger partial charge on any atom is 0.169 e. The van der Waals surface area contributed by atoms with Gasteiger partial charge in [0.15, 0.2) is 6.29 Å². The third-order valence-electron chi connectivity index (χ3n) is 2.40. The number of ether oxygens (including phenoxy) is 2. The monoisotopic (exact) mass is 317 g/mol. The summed E-state index contributed by atoms with van der Waals surface area (Å²) in [7, 11) is 0. The lowest BCUT2D eigenvalue weighted by molar-refractivity contribution is -0.133. The van der Waals surface area contributed by atoms with E-state index in [1.54, 1.807) is 0 Å². The summed E-state index contributed by atoms with van der Waals surface area (Å²) in [6.07, 6.45) is -0.241. The molecule has 0 atom stereocenters. The van der Waals surface area contributed by atoms with E-state index in [4.69, 9.17) is 9.47 Å². The van der Waals surface area contributed by atoms with Crippen molar-refractivity contribution in [2.24, 2.45) is 0 Å². The fourth-order valence-electron chi connectivity index (χ4n) is 1.57. The Morgan fingerprint density at radius 3 is 2.56 bits per heavy atom. The minimum Gasteiger partial charge on any atom is -0.506 e. The summed E-state index contributed by atoms with van der Waals surface area (Å²) in [6.45, 7) is 6.27. The topological polar surface area (TPSA) is 50.7 Å². The van der Waals surface area contributed by atoms with Gasteiger partial charge in [-0.2, -0.15) is 0 Å². The summed E-state index contributed by atoms with van der Waals surface area (Å²) < 4.78 is 11.5. The van der Waals surface area contributed by atoms with Gasteiger partial charge >= 0.3 is 0 Å². The average Bonchev–Trinajstić information content (AvgIpc) is 2.35. The second-order valence-electron chi connectivity index (χ2n) is 3.72. The molecule has 0 saturated carbocycles. The van der Waals surface area contributed by atoms with Crippen LogP contribution in [0.25, 0.3) is 0 Å². The number of hydrogen-bond acceptors (Lipinski definition) is 4. The standard InChI is InChI=1S/C13H20BrNO3/c1-3-17-12(18-4-2)9-15-8-10-6-5-7-11(14)13(10)16/h5-7,12,15-16H,3-4,8-9H2,1-2H3. The number of hydrogen-bond donors (Lipinski definition) is 2. The van der Waals surface area contributed by atoms with Crippen LogP contribution in [0.2, 0.25) is 0 Å². The predicted octanol–water partition coefficient (Wildman–Crippen LogP) is 2.64. The molecule has 0 aliphatic heterocycles.